The van der Waals surface area contributed by atoms with Gasteiger partial charge < -0.3 is 14.0 Å². The lowest BCUT2D eigenvalue weighted by molar-refractivity contribution is 0.0955. The molecule has 1 aliphatic heterocycles. The van der Waals surface area contributed by atoms with Crippen LogP contribution in [0.2, 0.25) is 0 Å². The van der Waals surface area contributed by atoms with E-state index in [1.807, 2.05) is 72.4 Å². The Morgan fingerprint density at radius 3 is 2.56 bits per heavy atom. The fraction of sp³-hybridized carbons (Fsp3) is 0.143. The van der Waals surface area contributed by atoms with Crippen molar-refractivity contribution in [2.24, 2.45) is 5.10 Å². The van der Waals surface area contributed by atoms with Crippen molar-refractivity contribution >= 4 is 11.6 Å². The Morgan fingerprint density at radius 2 is 1.74 bits per heavy atom. The summed E-state index contributed by atoms with van der Waals surface area (Å²) in [5, 5.41) is 4.25. The second kappa shape index (κ2) is 7.37. The number of para-hydroxylation sites is 1. The summed E-state index contributed by atoms with van der Waals surface area (Å²) in [6.45, 7) is 2.92. The second-order valence-corrected chi connectivity index (χ2v) is 6.10. The third-order valence-electron chi connectivity index (χ3n) is 4.32. The van der Waals surface area contributed by atoms with Gasteiger partial charge in [-0.1, -0.05) is 12.1 Å². The summed E-state index contributed by atoms with van der Waals surface area (Å²) >= 11 is 0. The Morgan fingerprint density at radius 1 is 1.00 bits per heavy atom. The first kappa shape index (κ1) is 16.9. The standard InChI is InChI=1S/C21H19N3O3/c1-15(16-8-9-19-20(14-16)27-13-12-26-19)22-23-21(25)17-6-2-3-7-18(17)24-10-4-5-11-24/h2-11,14H,12-13H2,1H3,(H,23,25)/b22-15+. The molecule has 1 amide bonds. The molecule has 2 heterocycles. The van der Waals surface area contributed by atoms with Crippen LogP contribution in [0.3, 0.4) is 0 Å². The Bertz CT molecular complexity index is 994. The number of fused-ring (bicyclic) bond motifs is 1. The number of ether oxygens (including phenoxy) is 2. The summed E-state index contributed by atoms with van der Waals surface area (Å²) in [6, 6.07) is 16.9. The first-order valence-electron chi connectivity index (χ1n) is 8.69. The summed E-state index contributed by atoms with van der Waals surface area (Å²) in [6.07, 6.45) is 3.80. The van der Waals surface area contributed by atoms with E-state index in [0.717, 1.165) is 17.0 Å². The molecular formula is C21H19N3O3. The molecule has 1 aromatic heterocycles. The van der Waals surface area contributed by atoms with E-state index >= 15 is 0 Å². The Labute approximate surface area is 157 Å². The van der Waals surface area contributed by atoms with Gasteiger partial charge in [0.1, 0.15) is 13.2 Å². The summed E-state index contributed by atoms with van der Waals surface area (Å²) in [5.74, 6) is 1.15. The quantitative estimate of drug-likeness (QED) is 0.572. The number of carbonyl (C=O) groups excluding carboxylic acids is 1. The summed E-state index contributed by atoms with van der Waals surface area (Å²) in [7, 11) is 0. The molecule has 0 aliphatic carbocycles. The van der Waals surface area contributed by atoms with Crippen LogP contribution in [-0.4, -0.2) is 29.4 Å². The van der Waals surface area contributed by atoms with Crippen molar-refractivity contribution in [2.45, 2.75) is 6.92 Å². The minimum atomic E-state index is -0.267. The summed E-state index contributed by atoms with van der Waals surface area (Å²) < 4.78 is 13.0. The molecule has 6 heteroatoms. The van der Waals surface area contributed by atoms with Crippen molar-refractivity contribution in [3.8, 4) is 17.2 Å². The van der Waals surface area contributed by atoms with E-state index in [2.05, 4.69) is 10.5 Å². The predicted octanol–water partition coefficient (Wildman–Crippen LogP) is 3.40. The number of hydrazone groups is 1. The number of hydrogen-bond acceptors (Lipinski definition) is 4. The smallest absolute Gasteiger partial charge is 0.273 e. The minimum absolute atomic E-state index is 0.267. The van der Waals surface area contributed by atoms with Crippen LogP contribution in [0.1, 0.15) is 22.8 Å². The first-order chi connectivity index (χ1) is 13.2. The van der Waals surface area contributed by atoms with Crippen LogP contribution >= 0.6 is 0 Å². The Hall–Kier alpha value is -3.54. The normalized spacial score (nSPS) is 13.3. The summed E-state index contributed by atoms with van der Waals surface area (Å²) in [4.78, 5) is 12.7. The van der Waals surface area contributed by atoms with Crippen LogP contribution in [0, 0.1) is 0 Å². The van der Waals surface area contributed by atoms with Crippen molar-refractivity contribution in [3.63, 3.8) is 0 Å². The molecule has 136 valence electrons. The van der Waals surface area contributed by atoms with E-state index in [0.29, 0.717) is 30.2 Å². The number of nitrogens with one attached hydrogen (secondary N) is 1. The number of amides is 1. The van der Waals surface area contributed by atoms with Crippen molar-refractivity contribution < 1.29 is 14.3 Å². The molecule has 1 aliphatic rings. The van der Waals surface area contributed by atoms with E-state index < -0.39 is 0 Å². The highest BCUT2D eigenvalue weighted by atomic mass is 16.6. The molecular weight excluding hydrogens is 342 g/mol. The number of aromatic nitrogens is 1. The zero-order valence-corrected chi connectivity index (χ0v) is 14.9. The monoisotopic (exact) mass is 361 g/mol. The van der Waals surface area contributed by atoms with E-state index in [-0.39, 0.29) is 5.91 Å². The number of hydrogen-bond donors (Lipinski definition) is 1. The highest BCUT2D eigenvalue weighted by Gasteiger charge is 2.14. The van der Waals surface area contributed by atoms with Gasteiger partial charge in [-0.25, -0.2) is 5.43 Å². The molecule has 0 atom stereocenters. The van der Waals surface area contributed by atoms with Gasteiger partial charge in [0.2, 0.25) is 0 Å². The zero-order valence-electron chi connectivity index (χ0n) is 14.9. The zero-order chi connectivity index (χ0) is 18.6. The minimum Gasteiger partial charge on any atom is -0.486 e. The van der Waals surface area contributed by atoms with Gasteiger partial charge in [-0.2, -0.15) is 5.10 Å². The molecule has 27 heavy (non-hydrogen) atoms. The van der Waals surface area contributed by atoms with E-state index in [4.69, 9.17) is 9.47 Å². The van der Waals surface area contributed by atoms with Crippen LogP contribution in [0.4, 0.5) is 0 Å². The molecule has 0 bridgehead atoms. The number of nitrogens with zero attached hydrogens (tertiary/aromatic N) is 2. The third kappa shape index (κ3) is 3.55. The highest BCUT2D eigenvalue weighted by molar-refractivity contribution is 6.02. The Balaban J connectivity index is 1.54. The molecule has 0 fully saturated rings. The fourth-order valence-corrected chi connectivity index (χ4v) is 2.91. The predicted molar refractivity (Wildman–Crippen MR) is 103 cm³/mol. The Kier molecular flexibility index (Phi) is 4.61. The number of rotatable bonds is 4. The molecule has 0 unspecified atom stereocenters. The van der Waals surface area contributed by atoms with E-state index in [1.165, 1.54) is 0 Å². The lowest BCUT2D eigenvalue weighted by atomic mass is 10.1. The maximum Gasteiger partial charge on any atom is 0.273 e. The van der Waals surface area contributed by atoms with Gasteiger partial charge in [0.05, 0.1) is 17.0 Å². The average Bonchev–Trinajstić information content (AvgIpc) is 3.26. The van der Waals surface area contributed by atoms with Gasteiger partial charge in [-0.3, -0.25) is 4.79 Å². The van der Waals surface area contributed by atoms with Gasteiger partial charge in [0.25, 0.3) is 5.91 Å². The van der Waals surface area contributed by atoms with E-state index in [1.54, 1.807) is 6.07 Å². The fourth-order valence-electron chi connectivity index (χ4n) is 2.91. The van der Waals surface area contributed by atoms with Gasteiger partial charge in [0.15, 0.2) is 11.5 Å². The maximum absolute atomic E-state index is 12.7. The molecule has 1 N–H and O–H groups in total. The topological polar surface area (TPSA) is 64.9 Å². The molecule has 0 saturated heterocycles. The van der Waals surface area contributed by atoms with Crippen molar-refractivity contribution in [2.75, 3.05) is 13.2 Å². The van der Waals surface area contributed by atoms with Crippen molar-refractivity contribution in [1.82, 2.24) is 9.99 Å². The molecule has 3 aromatic rings. The maximum atomic E-state index is 12.7. The molecule has 0 saturated carbocycles. The largest absolute Gasteiger partial charge is 0.486 e. The lowest BCUT2D eigenvalue weighted by Crippen LogP contribution is -2.21. The van der Waals surface area contributed by atoms with Gasteiger partial charge >= 0.3 is 0 Å². The number of benzene rings is 2. The van der Waals surface area contributed by atoms with Crippen molar-refractivity contribution in [1.29, 1.82) is 0 Å². The van der Waals surface area contributed by atoms with Crippen molar-refractivity contribution in [3.05, 3.63) is 78.1 Å². The van der Waals surface area contributed by atoms with Crippen LogP contribution in [0.5, 0.6) is 11.5 Å². The highest BCUT2D eigenvalue weighted by Crippen LogP contribution is 2.30. The molecule has 4 rings (SSSR count). The van der Waals surface area contributed by atoms with E-state index in [9.17, 15) is 4.79 Å². The average molecular weight is 361 g/mol. The lowest BCUT2D eigenvalue weighted by Gasteiger charge is -2.18. The second-order valence-electron chi connectivity index (χ2n) is 6.10. The van der Waals surface area contributed by atoms with Crippen LogP contribution < -0.4 is 14.9 Å². The van der Waals surface area contributed by atoms with Gasteiger partial charge in [-0.05, 0) is 49.4 Å². The molecule has 2 aromatic carbocycles. The SMILES string of the molecule is C/C(=N\NC(=O)c1ccccc1-n1cccc1)c1ccc2c(c1)OCCO2. The molecule has 0 radical (unpaired) electrons. The third-order valence-corrected chi connectivity index (χ3v) is 4.32. The van der Waals surface area contributed by atoms with Crippen LogP contribution in [0.15, 0.2) is 72.1 Å². The summed E-state index contributed by atoms with van der Waals surface area (Å²) in [5.41, 5.74) is 5.53. The van der Waals surface area contributed by atoms with Crippen LogP contribution in [-0.2, 0) is 0 Å². The number of carbonyl (C=O) groups is 1. The van der Waals surface area contributed by atoms with Crippen LogP contribution in [0.25, 0.3) is 5.69 Å². The molecule has 0 spiro atoms. The van der Waals surface area contributed by atoms with Gasteiger partial charge in [-0.15, -0.1) is 0 Å². The van der Waals surface area contributed by atoms with Gasteiger partial charge in [0, 0.05) is 18.0 Å². The molecule has 6 nitrogen and oxygen atoms in total. The first-order valence-corrected chi connectivity index (χ1v) is 8.69.